The summed E-state index contributed by atoms with van der Waals surface area (Å²) in [6, 6.07) is 9.27. The maximum atomic E-state index is 12.5. The van der Waals surface area contributed by atoms with E-state index in [0.29, 0.717) is 11.1 Å². The molecule has 0 bridgehead atoms. The number of allylic oxidation sites excluding steroid dienone is 4. The van der Waals surface area contributed by atoms with E-state index >= 15 is 0 Å². The van der Waals surface area contributed by atoms with Crippen molar-refractivity contribution in [2.24, 2.45) is 0 Å². The van der Waals surface area contributed by atoms with Gasteiger partial charge in [-0.25, -0.2) is 0 Å². The fraction of sp³-hybridized carbons (Fsp3) is 0. The van der Waals surface area contributed by atoms with Gasteiger partial charge in [0.05, 0.1) is 0 Å². The summed E-state index contributed by atoms with van der Waals surface area (Å²) in [6.45, 7) is 0. The number of carbonyl (C=O) groups excluding carboxylic acids is 2. The van der Waals surface area contributed by atoms with Crippen LogP contribution in [0.5, 0.6) is 0 Å². The zero-order valence-electron chi connectivity index (χ0n) is 10.2. The topological polar surface area (TPSA) is 34.1 Å². The van der Waals surface area contributed by atoms with Crippen LogP contribution in [0.2, 0.25) is 0 Å². The highest BCUT2D eigenvalue weighted by Crippen LogP contribution is 2.35. The van der Waals surface area contributed by atoms with Crippen LogP contribution in [0, 0.1) is 31.6 Å². The zero-order chi connectivity index (χ0) is 13.2. The van der Waals surface area contributed by atoms with E-state index in [9.17, 15) is 9.59 Å². The minimum absolute atomic E-state index is 0.1000. The molecule has 1 aromatic carbocycles. The average molecular weight is 247 g/mol. The number of hydrogen-bond acceptors (Lipinski definition) is 2. The van der Waals surface area contributed by atoms with Gasteiger partial charge in [-0.05, 0) is 43.4 Å². The molecule has 0 amide bonds. The first-order valence-corrected chi connectivity index (χ1v) is 6.05. The number of Topliss-reactive ketones (excluding diaryl/α,β-unsaturated/α-hetero) is 1. The van der Waals surface area contributed by atoms with Crippen molar-refractivity contribution in [3.8, 4) is 0 Å². The molecule has 91 valence electrons. The molecule has 2 heteroatoms. The van der Waals surface area contributed by atoms with Crippen LogP contribution in [0.1, 0.15) is 5.56 Å². The lowest BCUT2D eigenvalue weighted by Crippen LogP contribution is -2.18. The number of hydrogen-bond donors (Lipinski definition) is 0. The summed E-state index contributed by atoms with van der Waals surface area (Å²) in [4.78, 5) is 24.3. The van der Waals surface area contributed by atoms with E-state index in [1.807, 2.05) is 56.0 Å². The van der Waals surface area contributed by atoms with E-state index in [1.165, 1.54) is 12.2 Å². The van der Waals surface area contributed by atoms with Gasteiger partial charge in [-0.1, -0.05) is 30.3 Å². The Labute approximate surface area is 112 Å². The number of rotatable bonds is 2. The fourth-order valence-corrected chi connectivity index (χ4v) is 2.20. The Morgan fingerprint density at radius 2 is 1.37 bits per heavy atom. The predicted octanol–water partition coefficient (Wildman–Crippen LogP) is 2.55. The fourth-order valence-electron chi connectivity index (χ4n) is 2.20. The molecule has 3 rings (SSSR count). The van der Waals surface area contributed by atoms with Crippen molar-refractivity contribution in [2.75, 3.05) is 0 Å². The minimum atomic E-state index is -0.144. The Morgan fingerprint density at radius 1 is 0.737 bits per heavy atom. The molecule has 1 saturated carbocycles. The molecule has 2 aliphatic carbocycles. The van der Waals surface area contributed by atoms with Gasteiger partial charge in [-0.15, -0.1) is 0 Å². The van der Waals surface area contributed by atoms with Gasteiger partial charge in [0.1, 0.15) is 0 Å². The van der Waals surface area contributed by atoms with Crippen molar-refractivity contribution in [1.29, 1.82) is 0 Å². The van der Waals surface area contributed by atoms with E-state index < -0.39 is 0 Å². The first-order valence-electron chi connectivity index (χ1n) is 6.05. The first-order chi connectivity index (χ1) is 9.25. The lowest BCUT2D eigenvalue weighted by molar-refractivity contribution is -0.113. The Balaban J connectivity index is 1.95. The van der Waals surface area contributed by atoms with Gasteiger partial charge in [0.2, 0.25) is 0 Å². The van der Waals surface area contributed by atoms with Crippen LogP contribution in [-0.4, -0.2) is 11.6 Å². The van der Waals surface area contributed by atoms with Crippen molar-refractivity contribution in [3.63, 3.8) is 0 Å². The largest absolute Gasteiger partial charge is 0.290 e. The summed E-state index contributed by atoms with van der Waals surface area (Å²) in [7, 11) is 0. The molecule has 0 spiro atoms. The van der Waals surface area contributed by atoms with E-state index in [2.05, 4.69) is 0 Å². The summed E-state index contributed by atoms with van der Waals surface area (Å²) in [6.07, 6.45) is 10.2. The van der Waals surface area contributed by atoms with Crippen LogP contribution in [0.15, 0.2) is 48.1 Å². The standard InChI is InChI=1S/C17H11O2/c18-14-10-15(12-6-2-1-3-7-12)17(19)16(11-14)13-8-4-5-9-13/h1-11H. The summed E-state index contributed by atoms with van der Waals surface area (Å²) < 4.78 is 0. The number of benzene rings is 1. The van der Waals surface area contributed by atoms with Gasteiger partial charge in [0.25, 0.3) is 0 Å². The molecule has 0 heterocycles. The third kappa shape index (κ3) is 2.30. The Morgan fingerprint density at radius 3 is 2.05 bits per heavy atom. The summed E-state index contributed by atoms with van der Waals surface area (Å²) in [5.41, 5.74) is 1.71. The van der Waals surface area contributed by atoms with Gasteiger partial charge in [-0.3, -0.25) is 9.59 Å². The summed E-state index contributed by atoms with van der Waals surface area (Å²) in [5.74, 6) is 0.548. The minimum Gasteiger partial charge on any atom is -0.290 e. The highest BCUT2D eigenvalue weighted by Gasteiger charge is 2.31. The van der Waals surface area contributed by atoms with Crippen molar-refractivity contribution in [3.05, 3.63) is 85.2 Å². The van der Waals surface area contributed by atoms with Gasteiger partial charge in [-0.2, -0.15) is 0 Å². The van der Waals surface area contributed by atoms with Crippen molar-refractivity contribution < 1.29 is 9.59 Å². The molecule has 0 unspecified atom stereocenters. The lowest BCUT2D eigenvalue weighted by Gasteiger charge is -2.17. The molecule has 2 nitrogen and oxygen atoms in total. The van der Waals surface area contributed by atoms with E-state index in [0.717, 1.165) is 11.5 Å². The number of carbonyl (C=O) groups is 2. The van der Waals surface area contributed by atoms with Crippen molar-refractivity contribution >= 4 is 17.1 Å². The molecular weight excluding hydrogens is 236 g/mol. The van der Waals surface area contributed by atoms with Gasteiger partial charge < -0.3 is 0 Å². The molecule has 5 radical (unpaired) electrons. The van der Waals surface area contributed by atoms with Gasteiger partial charge >= 0.3 is 0 Å². The predicted molar refractivity (Wildman–Crippen MR) is 73.0 cm³/mol. The maximum Gasteiger partial charge on any atom is 0.190 e. The SMILES string of the molecule is O=C1C=C([C]2[CH][CH][CH][CH]2)C(=O)C(c2ccccc2)=C1. The van der Waals surface area contributed by atoms with Crippen LogP contribution < -0.4 is 0 Å². The second-order valence-corrected chi connectivity index (χ2v) is 4.39. The monoisotopic (exact) mass is 247 g/mol. The molecule has 19 heavy (non-hydrogen) atoms. The summed E-state index contributed by atoms with van der Waals surface area (Å²) in [5, 5.41) is 0. The zero-order valence-corrected chi connectivity index (χ0v) is 10.2. The normalized spacial score (nSPS) is 20.4. The third-order valence-electron chi connectivity index (χ3n) is 3.12. The van der Waals surface area contributed by atoms with Crippen LogP contribution in [0.4, 0.5) is 0 Å². The Kier molecular flexibility index (Phi) is 3.16. The molecule has 2 aliphatic rings. The smallest absolute Gasteiger partial charge is 0.190 e. The molecule has 0 aromatic heterocycles. The van der Waals surface area contributed by atoms with Crippen LogP contribution in [0.3, 0.4) is 0 Å². The molecular formula is C17H11O2. The van der Waals surface area contributed by atoms with Gasteiger partial charge in [0.15, 0.2) is 11.6 Å². The van der Waals surface area contributed by atoms with Crippen LogP contribution in [0.25, 0.3) is 5.57 Å². The van der Waals surface area contributed by atoms with Crippen LogP contribution in [-0.2, 0) is 9.59 Å². The Bertz CT molecular complexity index is 573. The lowest BCUT2D eigenvalue weighted by atomic mass is 9.83. The van der Waals surface area contributed by atoms with Crippen molar-refractivity contribution in [2.45, 2.75) is 0 Å². The molecule has 1 fully saturated rings. The van der Waals surface area contributed by atoms with Crippen LogP contribution >= 0.6 is 0 Å². The third-order valence-corrected chi connectivity index (χ3v) is 3.12. The molecule has 0 saturated heterocycles. The van der Waals surface area contributed by atoms with Gasteiger partial charge in [0, 0.05) is 17.1 Å². The molecule has 0 aliphatic heterocycles. The second-order valence-electron chi connectivity index (χ2n) is 4.39. The number of ketones is 2. The highest BCUT2D eigenvalue weighted by atomic mass is 16.1. The highest BCUT2D eigenvalue weighted by molar-refractivity contribution is 6.37. The Hall–Kier alpha value is -1.96. The molecule has 1 aromatic rings. The molecule has 0 atom stereocenters. The van der Waals surface area contributed by atoms with E-state index in [4.69, 9.17) is 0 Å². The quantitative estimate of drug-likeness (QED) is 0.753. The van der Waals surface area contributed by atoms with E-state index in [-0.39, 0.29) is 11.6 Å². The average Bonchev–Trinajstić information content (AvgIpc) is 2.96. The first kappa shape index (κ1) is 12.1. The second kappa shape index (κ2) is 4.96. The summed E-state index contributed by atoms with van der Waals surface area (Å²) >= 11 is 0. The van der Waals surface area contributed by atoms with E-state index in [1.54, 1.807) is 0 Å². The molecule has 0 N–H and O–H groups in total. The maximum absolute atomic E-state index is 12.5. The van der Waals surface area contributed by atoms with Crippen molar-refractivity contribution in [1.82, 2.24) is 0 Å².